The fourth-order valence-corrected chi connectivity index (χ4v) is 1.63. The molecular formula is C14H20O7. The zero-order valence-corrected chi connectivity index (χ0v) is 12.8. The van der Waals surface area contributed by atoms with Crippen LogP contribution in [0.1, 0.15) is 47.5 Å². The summed E-state index contributed by atoms with van der Waals surface area (Å²) in [7, 11) is 0. The van der Waals surface area contributed by atoms with Crippen LogP contribution in [0, 0.1) is 0 Å². The summed E-state index contributed by atoms with van der Waals surface area (Å²) >= 11 is 0. The molecule has 21 heavy (non-hydrogen) atoms. The number of allylic oxidation sites excluding steroid dienone is 1. The molecule has 0 radical (unpaired) electrons. The largest absolute Gasteiger partial charge is 0.511 e. The van der Waals surface area contributed by atoms with Gasteiger partial charge in [0, 0.05) is 20.3 Å². The predicted octanol–water partition coefficient (Wildman–Crippen LogP) is 1.76. The summed E-state index contributed by atoms with van der Waals surface area (Å²) in [5.74, 6) is -4.42. The maximum atomic E-state index is 11.7. The molecule has 7 nitrogen and oxygen atoms in total. The Labute approximate surface area is 122 Å². The van der Waals surface area contributed by atoms with Gasteiger partial charge in [0.1, 0.15) is 11.4 Å². The van der Waals surface area contributed by atoms with Crippen molar-refractivity contribution in [1.29, 1.82) is 0 Å². The summed E-state index contributed by atoms with van der Waals surface area (Å²) < 4.78 is 14.8. The lowest BCUT2D eigenvalue weighted by Gasteiger charge is -2.30. The van der Waals surface area contributed by atoms with E-state index in [1.165, 1.54) is 13.8 Å². The first kappa shape index (κ1) is 17.0. The van der Waals surface area contributed by atoms with Gasteiger partial charge in [0.05, 0.1) is 6.42 Å². The third kappa shape index (κ3) is 5.09. The van der Waals surface area contributed by atoms with Crippen molar-refractivity contribution in [1.82, 2.24) is 0 Å². The normalized spacial score (nSPS) is 17.9. The van der Waals surface area contributed by atoms with Gasteiger partial charge in [-0.2, -0.15) is 0 Å². The molecule has 0 saturated carbocycles. The van der Waals surface area contributed by atoms with E-state index < -0.39 is 40.6 Å². The van der Waals surface area contributed by atoms with Gasteiger partial charge in [0.2, 0.25) is 0 Å². The molecule has 1 aliphatic rings. The van der Waals surface area contributed by atoms with Gasteiger partial charge in [-0.15, -0.1) is 0 Å². The van der Waals surface area contributed by atoms with Gasteiger partial charge in [-0.1, -0.05) is 0 Å². The van der Waals surface area contributed by atoms with Gasteiger partial charge >= 0.3 is 17.9 Å². The lowest BCUT2D eigenvalue weighted by Crippen LogP contribution is -2.42. The second-order valence-electron chi connectivity index (χ2n) is 6.09. The van der Waals surface area contributed by atoms with E-state index in [0.29, 0.717) is 0 Å². The minimum absolute atomic E-state index is 0.170. The summed E-state index contributed by atoms with van der Waals surface area (Å²) in [6.07, 6.45) is -0.384. The van der Waals surface area contributed by atoms with Crippen molar-refractivity contribution >= 4 is 17.9 Å². The van der Waals surface area contributed by atoms with Crippen LogP contribution in [0.5, 0.6) is 0 Å². The molecule has 0 aromatic heterocycles. The summed E-state index contributed by atoms with van der Waals surface area (Å²) in [5, 5.41) is 9.80. The average Bonchev–Trinajstić information content (AvgIpc) is 2.20. The van der Waals surface area contributed by atoms with Crippen LogP contribution < -0.4 is 0 Å². The zero-order valence-electron chi connectivity index (χ0n) is 12.8. The lowest BCUT2D eigenvalue weighted by atomic mass is 10.1. The van der Waals surface area contributed by atoms with E-state index in [9.17, 15) is 19.5 Å². The van der Waals surface area contributed by atoms with Gasteiger partial charge < -0.3 is 19.3 Å². The summed E-state index contributed by atoms with van der Waals surface area (Å²) in [4.78, 5) is 34.9. The third-order valence-electron chi connectivity index (χ3n) is 2.36. The molecule has 0 aromatic carbocycles. The number of hydrogen-bond donors (Lipinski definition) is 1. The van der Waals surface area contributed by atoms with Crippen molar-refractivity contribution in [3.05, 3.63) is 11.3 Å². The van der Waals surface area contributed by atoms with Crippen LogP contribution in [-0.2, 0) is 28.6 Å². The van der Waals surface area contributed by atoms with Crippen LogP contribution in [0.25, 0.3) is 0 Å². The number of aliphatic hydroxyl groups excluding tert-OH is 1. The van der Waals surface area contributed by atoms with E-state index in [1.54, 1.807) is 20.8 Å². The number of hydrogen-bond acceptors (Lipinski definition) is 7. The molecule has 7 heteroatoms. The lowest BCUT2D eigenvalue weighted by molar-refractivity contribution is -0.222. The summed E-state index contributed by atoms with van der Waals surface area (Å²) in [6.45, 7) is 7.93. The van der Waals surface area contributed by atoms with Crippen molar-refractivity contribution in [2.45, 2.75) is 58.8 Å². The molecule has 0 aromatic rings. The number of rotatable bonds is 3. The number of esters is 3. The molecule has 1 aliphatic heterocycles. The maximum Gasteiger partial charge on any atom is 0.352 e. The van der Waals surface area contributed by atoms with Crippen LogP contribution in [0.2, 0.25) is 0 Å². The number of carbonyl (C=O) groups excluding carboxylic acids is 3. The van der Waals surface area contributed by atoms with Crippen LogP contribution in [-0.4, -0.2) is 34.4 Å². The van der Waals surface area contributed by atoms with Crippen molar-refractivity contribution in [2.75, 3.05) is 0 Å². The van der Waals surface area contributed by atoms with Crippen LogP contribution in [0.15, 0.2) is 11.3 Å². The van der Waals surface area contributed by atoms with Crippen LogP contribution >= 0.6 is 0 Å². The molecule has 1 rings (SSSR count). The highest BCUT2D eigenvalue weighted by Crippen LogP contribution is 2.25. The molecule has 1 N–H and O–H groups in total. The van der Waals surface area contributed by atoms with Gasteiger partial charge in [0.15, 0.2) is 5.57 Å². The van der Waals surface area contributed by atoms with Crippen molar-refractivity contribution in [2.24, 2.45) is 0 Å². The molecule has 0 spiro atoms. The maximum absolute atomic E-state index is 11.7. The molecule has 0 aliphatic carbocycles. The Morgan fingerprint density at radius 3 is 2.05 bits per heavy atom. The van der Waals surface area contributed by atoms with Gasteiger partial charge in [0.25, 0.3) is 5.79 Å². The van der Waals surface area contributed by atoms with Crippen LogP contribution in [0.3, 0.4) is 0 Å². The summed E-state index contributed by atoms with van der Waals surface area (Å²) in [5.41, 5.74) is -1.23. The molecule has 1 saturated heterocycles. The van der Waals surface area contributed by atoms with Gasteiger partial charge in [-0.05, 0) is 20.8 Å². The fraction of sp³-hybridized carbons (Fsp3) is 0.643. The Bertz CT molecular complexity index is 472. The smallest absolute Gasteiger partial charge is 0.352 e. The molecule has 118 valence electrons. The highest BCUT2D eigenvalue weighted by Gasteiger charge is 2.41. The van der Waals surface area contributed by atoms with E-state index in [1.807, 2.05) is 0 Å². The standard InChI is InChI=1S/C14H20O7/c1-13(2,3)19-9(16)7-6-8(15)10-11(17)20-14(4,5)21-12(10)18/h15H,6-7H2,1-5H3. The molecular weight excluding hydrogens is 280 g/mol. The van der Waals surface area contributed by atoms with E-state index in [2.05, 4.69) is 0 Å². The molecule has 0 unspecified atom stereocenters. The first-order valence-electron chi connectivity index (χ1n) is 6.52. The quantitative estimate of drug-likeness (QED) is 0.367. The predicted molar refractivity (Wildman–Crippen MR) is 71.0 cm³/mol. The molecule has 0 atom stereocenters. The van der Waals surface area contributed by atoms with Gasteiger partial charge in [-0.25, -0.2) is 9.59 Å². The molecule has 0 amide bonds. The second-order valence-corrected chi connectivity index (χ2v) is 6.09. The van der Waals surface area contributed by atoms with E-state index in [-0.39, 0.29) is 12.8 Å². The summed E-state index contributed by atoms with van der Waals surface area (Å²) in [6, 6.07) is 0. The fourth-order valence-electron chi connectivity index (χ4n) is 1.63. The second kappa shape index (κ2) is 5.75. The number of aliphatic hydroxyl groups is 1. The first-order valence-corrected chi connectivity index (χ1v) is 6.52. The number of carbonyl (C=O) groups is 3. The zero-order chi connectivity index (χ0) is 16.4. The van der Waals surface area contributed by atoms with Crippen LogP contribution in [0.4, 0.5) is 0 Å². The Balaban J connectivity index is 2.73. The Hall–Kier alpha value is -2.05. The highest BCUT2D eigenvalue weighted by molar-refractivity contribution is 6.15. The first-order chi connectivity index (χ1) is 9.41. The minimum Gasteiger partial charge on any atom is -0.511 e. The van der Waals surface area contributed by atoms with Crippen molar-refractivity contribution in [3.63, 3.8) is 0 Å². The Kier molecular flexibility index (Phi) is 4.65. The van der Waals surface area contributed by atoms with Gasteiger partial charge in [-0.3, -0.25) is 4.79 Å². The number of cyclic esters (lactones) is 2. The van der Waals surface area contributed by atoms with Crippen molar-refractivity contribution < 1.29 is 33.7 Å². The third-order valence-corrected chi connectivity index (χ3v) is 2.36. The van der Waals surface area contributed by atoms with Crippen molar-refractivity contribution in [3.8, 4) is 0 Å². The number of ether oxygens (including phenoxy) is 3. The monoisotopic (exact) mass is 300 g/mol. The van der Waals surface area contributed by atoms with E-state index in [4.69, 9.17) is 14.2 Å². The molecule has 0 bridgehead atoms. The minimum atomic E-state index is -1.37. The molecule has 1 fully saturated rings. The highest BCUT2D eigenvalue weighted by atomic mass is 16.7. The average molecular weight is 300 g/mol. The van der Waals surface area contributed by atoms with E-state index in [0.717, 1.165) is 0 Å². The topological polar surface area (TPSA) is 99.1 Å². The Morgan fingerprint density at radius 1 is 1.14 bits per heavy atom. The SMILES string of the molecule is CC(C)(C)OC(=O)CCC(O)=C1C(=O)OC(C)(C)OC1=O. The van der Waals surface area contributed by atoms with E-state index >= 15 is 0 Å². The Morgan fingerprint density at radius 2 is 1.62 bits per heavy atom. The molecule has 1 heterocycles.